The molecular weight excluding hydrogens is 398 g/mol. The van der Waals surface area contributed by atoms with Crippen molar-refractivity contribution in [1.82, 2.24) is 24.6 Å². The molecule has 0 spiro atoms. The Kier molecular flexibility index (Phi) is 5.78. The Bertz CT molecular complexity index is 1170. The molecule has 0 radical (unpaired) electrons. The summed E-state index contributed by atoms with van der Waals surface area (Å²) in [6, 6.07) is 5.40. The van der Waals surface area contributed by atoms with Gasteiger partial charge in [-0.05, 0) is 31.7 Å². The highest BCUT2D eigenvalue weighted by Crippen LogP contribution is 2.27. The molecule has 3 aromatic rings. The highest BCUT2D eigenvalue weighted by Gasteiger charge is 2.21. The molecular formula is C20H21N9O2. The normalized spacial score (nSPS) is 15.2. The largest absolute Gasteiger partial charge is 0.476 e. The molecule has 0 aliphatic carbocycles. The van der Waals surface area contributed by atoms with Crippen LogP contribution in [0.2, 0.25) is 0 Å². The first-order valence-electron chi connectivity index (χ1n) is 9.87. The molecule has 1 atom stereocenters. The van der Waals surface area contributed by atoms with Crippen LogP contribution >= 0.6 is 0 Å². The van der Waals surface area contributed by atoms with Gasteiger partial charge in [0, 0.05) is 19.4 Å². The zero-order valence-corrected chi connectivity index (χ0v) is 16.9. The van der Waals surface area contributed by atoms with Crippen LogP contribution in [-0.4, -0.2) is 44.4 Å². The van der Waals surface area contributed by atoms with E-state index in [1.807, 2.05) is 13.0 Å². The summed E-state index contributed by atoms with van der Waals surface area (Å²) < 4.78 is 13.0. The van der Waals surface area contributed by atoms with Gasteiger partial charge in [-0.2, -0.15) is 20.6 Å². The number of hydrogen-bond acceptors (Lipinski definition) is 10. The third-order valence-corrected chi connectivity index (χ3v) is 5.14. The van der Waals surface area contributed by atoms with Gasteiger partial charge >= 0.3 is 0 Å². The molecule has 1 unspecified atom stereocenters. The van der Waals surface area contributed by atoms with Crippen LogP contribution < -0.4 is 15.8 Å². The average Bonchev–Trinajstić information content (AvgIpc) is 3.21. The van der Waals surface area contributed by atoms with Crippen molar-refractivity contribution in [1.29, 1.82) is 10.5 Å². The molecule has 0 bridgehead atoms. The monoisotopic (exact) mass is 419 g/mol. The van der Waals surface area contributed by atoms with Crippen molar-refractivity contribution in [3.8, 4) is 18.0 Å². The van der Waals surface area contributed by atoms with Crippen LogP contribution in [0, 0.1) is 28.6 Å². The van der Waals surface area contributed by atoms with Gasteiger partial charge in [0.2, 0.25) is 5.88 Å². The Labute approximate surface area is 178 Å². The topological polar surface area (TPSA) is 160 Å². The number of aromatic nitrogens is 5. The number of anilines is 2. The number of nitrogens with two attached hydrogens (primary N) is 1. The lowest BCUT2D eigenvalue weighted by atomic mass is 10.0. The fraction of sp³-hybridized carbons (Fsp3) is 0.400. The Morgan fingerprint density at radius 1 is 1.32 bits per heavy atom. The van der Waals surface area contributed by atoms with E-state index < -0.39 is 6.04 Å². The van der Waals surface area contributed by atoms with Crippen LogP contribution in [0.15, 0.2) is 18.6 Å². The van der Waals surface area contributed by atoms with Gasteiger partial charge in [0.15, 0.2) is 5.82 Å². The van der Waals surface area contributed by atoms with Crippen LogP contribution in [-0.2, 0) is 4.74 Å². The molecule has 1 aliphatic rings. The number of ether oxygens (including phenoxy) is 2. The fourth-order valence-corrected chi connectivity index (χ4v) is 3.38. The minimum Gasteiger partial charge on any atom is -0.476 e. The molecule has 1 saturated heterocycles. The Morgan fingerprint density at radius 3 is 2.87 bits per heavy atom. The molecule has 0 aromatic carbocycles. The van der Waals surface area contributed by atoms with Gasteiger partial charge in [0.1, 0.15) is 41.2 Å². The number of nitrogen functional groups attached to an aromatic ring is 1. The van der Waals surface area contributed by atoms with Gasteiger partial charge in [-0.25, -0.2) is 14.5 Å². The molecule has 158 valence electrons. The van der Waals surface area contributed by atoms with Crippen LogP contribution in [0.1, 0.15) is 42.8 Å². The predicted octanol–water partition coefficient (Wildman–Crippen LogP) is 1.82. The van der Waals surface area contributed by atoms with E-state index in [4.69, 9.17) is 15.2 Å². The van der Waals surface area contributed by atoms with Crippen molar-refractivity contribution in [3.05, 3.63) is 35.5 Å². The molecule has 1 aliphatic heterocycles. The van der Waals surface area contributed by atoms with Crippen molar-refractivity contribution in [2.75, 3.05) is 30.9 Å². The van der Waals surface area contributed by atoms with Gasteiger partial charge in [-0.1, -0.05) is 0 Å². The molecule has 4 heterocycles. The Morgan fingerprint density at radius 2 is 2.13 bits per heavy atom. The van der Waals surface area contributed by atoms with Crippen LogP contribution in [0.25, 0.3) is 5.52 Å². The first-order valence-corrected chi connectivity index (χ1v) is 9.87. The van der Waals surface area contributed by atoms with Gasteiger partial charge in [-0.15, -0.1) is 0 Å². The van der Waals surface area contributed by atoms with Crippen LogP contribution in [0.4, 0.5) is 11.6 Å². The summed E-state index contributed by atoms with van der Waals surface area (Å²) in [6.45, 7) is 3.75. The van der Waals surface area contributed by atoms with Crippen molar-refractivity contribution >= 4 is 17.2 Å². The molecule has 3 N–H and O–H groups in total. The summed E-state index contributed by atoms with van der Waals surface area (Å²) in [5.74, 6) is 1.50. The van der Waals surface area contributed by atoms with E-state index in [0.717, 1.165) is 26.1 Å². The first-order chi connectivity index (χ1) is 15.1. The summed E-state index contributed by atoms with van der Waals surface area (Å²) in [7, 11) is 0. The van der Waals surface area contributed by atoms with E-state index in [-0.39, 0.29) is 11.4 Å². The smallest absolute Gasteiger partial charge is 0.243 e. The second-order valence-corrected chi connectivity index (χ2v) is 7.24. The van der Waals surface area contributed by atoms with Crippen LogP contribution in [0.5, 0.6) is 5.88 Å². The van der Waals surface area contributed by atoms with E-state index >= 15 is 0 Å². The van der Waals surface area contributed by atoms with Crippen molar-refractivity contribution in [2.24, 2.45) is 5.92 Å². The maximum Gasteiger partial charge on any atom is 0.243 e. The average molecular weight is 419 g/mol. The number of hydrogen-bond donors (Lipinski definition) is 2. The summed E-state index contributed by atoms with van der Waals surface area (Å²) >= 11 is 0. The second-order valence-electron chi connectivity index (χ2n) is 7.24. The third-order valence-electron chi connectivity index (χ3n) is 5.14. The number of fused-ring (bicyclic) bond motifs is 1. The SMILES string of the molecule is CC(Nc1ncnc(N)c1C#N)c1nc(OCC2CCOCC2)c2c(C#N)ccn2n1. The Hall–Kier alpha value is -3.96. The highest BCUT2D eigenvalue weighted by molar-refractivity contribution is 5.67. The zero-order valence-electron chi connectivity index (χ0n) is 16.9. The number of nitriles is 2. The summed E-state index contributed by atoms with van der Waals surface area (Å²) in [5, 5.41) is 26.4. The Balaban J connectivity index is 1.64. The summed E-state index contributed by atoms with van der Waals surface area (Å²) in [5.41, 5.74) is 6.87. The molecule has 0 amide bonds. The van der Waals surface area contributed by atoms with E-state index in [2.05, 4.69) is 31.4 Å². The van der Waals surface area contributed by atoms with E-state index in [1.165, 1.54) is 6.33 Å². The minimum absolute atomic E-state index is 0.0909. The van der Waals surface area contributed by atoms with E-state index in [9.17, 15) is 10.5 Å². The lowest BCUT2D eigenvalue weighted by Gasteiger charge is -2.22. The van der Waals surface area contributed by atoms with Crippen LogP contribution in [0.3, 0.4) is 0 Å². The number of nitrogens with zero attached hydrogens (tertiary/aromatic N) is 7. The molecule has 1 fully saturated rings. The highest BCUT2D eigenvalue weighted by atomic mass is 16.5. The van der Waals surface area contributed by atoms with E-state index in [0.29, 0.717) is 41.1 Å². The molecule has 31 heavy (non-hydrogen) atoms. The minimum atomic E-state index is -0.427. The molecule has 11 nitrogen and oxygen atoms in total. The van der Waals surface area contributed by atoms with Gasteiger partial charge in [0.25, 0.3) is 0 Å². The number of rotatable bonds is 6. The van der Waals surface area contributed by atoms with E-state index in [1.54, 1.807) is 16.8 Å². The van der Waals surface area contributed by atoms with Crippen molar-refractivity contribution in [2.45, 2.75) is 25.8 Å². The van der Waals surface area contributed by atoms with Gasteiger partial charge < -0.3 is 20.5 Å². The molecule has 3 aromatic heterocycles. The summed E-state index contributed by atoms with van der Waals surface area (Å²) in [6.07, 6.45) is 4.81. The lowest BCUT2D eigenvalue weighted by Crippen LogP contribution is -2.22. The van der Waals surface area contributed by atoms with Crippen molar-refractivity contribution < 1.29 is 9.47 Å². The zero-order chi connectivity index (χ0) is 21.8. The molecule has 11 heteroatoms. The maximum atomic E-state index is 9.46. The lowest BCUT2D eigenvalue weighted by molar-refractivity contribution is 0.0491. The maximum absolute atomic E-state index is 9.46. The number of nitrogens with one attached hydrogen (secondary N) is 1. The third kappa shape index (κ3) is 4.17. The second kappa shape index (κ2) is 8.81. The molecule has 0 saturated carbocycles. The molecule has 4 rings (SSSR count). The standard InChI is InChI=1S/C20H21N9O2/c1-12(26-19-15(9-22)17(23)24-11-25-19)18-27-20(31-10-13-3-6-30-7-4-13)16-14(8-21)2-5-29(16)28-18/h2,5,11-13H,3-4,6-7,10H2,1H3,(H3,23,24,25,26). The van der Waals surface area contributed by atoms with Crippen molar-refractivity contribution in [3.63, 3.8) is 0 Å². The first kappa shape index (κ1) is 20.3. The predicted molar refractivity (Wildman–Crippen MR) is 110 cm³/mol. The summed E-state index contributed by atoms with van der Waals surface area (Å²) in [4.78, 5) is 12.5. The van der Waals surface area contributed by atoms with Gasteiger partial charge in [0.05, 0.1) is 18.2 Å². The van der Waals surface area contributed by atoms with Gasteiger partial charge in [-0.3, -0.25) is 0 Å². The fourth-order valence-electron chi connectivity index (χ4n) is 3.38. The quantitative estimate of drug-likeness (QED) is 0.603.